The maximum absolute atomic E-state index is 12.6. The van der Waals surface area contributed by atoms with Gasteiger partial charge in [0.2, 0.25) is 5.91 Å². The Bertz CT molecular complexity index is 1060. The predicted molar refractivity (Wildman–Crippen MR) is 97.7 cm³/mol. The smallest absolute Gasteiger partial charge is 0.349 e. The number of para-hydroxylation sites is 1. The molecule has 0 saturated carbocycles. The van der Waals surface area contributed by atoms with Crippen LogP contribution in [0.1, 0.15) is 17.3 Å². The largest absolute Gasteiger partial charge is 0.497 e. The Labute approximate surface area is 148 Å². The zero-order valence-electron chi connectivity index (χ0n) is 14.2. The summed E-state index contributed by atoms with van der Waals surface area (Å²) in [5.74, 6) is -0.458. The highest BCUT2D eigenvalue weighted by Crippen LogP contribution is 2.27. The van der Waals surface area contributed by atoms with Crippen molar-refractivity contribution in [3.63, 3.8) is 0 Å². The fraction of sp³-hybridized carbons (Fsp3) is 0.105. The summed E-state index contributed by atoms with van der Waals surface area (Å²) in [5, 5.41) is 5.86. The molecule has 2 aromatic carbocycles. The van der Waals surface area contributed by atoms with E-state index in [0.717, 1.165) is 0 Å². The van der Waals surface area contributed by atoms with E-state index < -0.39 is 11.5 Å². The number of fused-ring (bicyclic) bond motifs is 1. The van der Waals surface area contributed by atoms with Crippen molar-refractivity contribution in [1.82, 2.24) is 0 Å². The summed E-state index contributed by atoms with van der Waals surface area (Å²) in [6.45, 7) is 1.35. The van der Waals surface area contributed by atoms with Crippen LogP contribution in [0.3, 0.4) is 0 Å². The number of anilines is 2. The Kier molecular flexibility index (Phi) is 4.70. The highest BCUT2D eigenvalue weighted by Gasteiger charge is 2.16. The van der Waals surface area contributed by atoms with Crippen molar-refractivity contribution in [1.29, 1.82) is 0 Å². The minimum absolute atomic E-state index is 0.139. The molecule has 0 atom stereocenters. The highest BCUT2D eigenvalue weighted by atomic mass is 16.5. The Morgan fingerprint density at radius 3 is 2.50 bits per heavy atom. The molecule has 132 valence electrons. The van der Waals surface area contributed by atoms with E-state index in [0.29, 0.717) is 28.1 Å². The third kappa shape index (κ3) is 3.56. The van der Waals surface area contributed by atoms with Gasteiger partial charge in [-0.1, -0.05) is 18.2 Å². The average Bonchev–Trinajstić information content (AvgIpc) is 2.62. The molecule has 2 amide bonds. The lowest BCUT2D eigenvalue weighted by Gasteiger charge is -2.13. The molecule has 3 rings (SSSR count). The van der Waals surface area contributed by atoms with Crippen LogP contribution in [0.5, 0.6) is 5.75 Å². The number of carbonyl (C=O) groups is 2. The fourth-order valence-corrected chi connectivity index (χ4v) is 2.46. The summed E-state index contributed by atoms with van der Waals surface area (Å²) in [4.78, 5) is 36.1. The quantitative estimate of drug-likeness (QED) is 0.704. The molecule has 7 heteroatoms. The first kappa shape index (κ1) is 17.2. The number of ether oxygens (including phenoxy) is 1. The third-order valence-corrected chi connectivity index (χ3v) is 3.67. The number of methoxy groups -OCH3 is 1. The van der Waals surface area contributed by atoms with Crippen molar-refractivity contribution in [3.05, 3.63) is 64.5 Å². The summed E-state index contributed by atoms with van der Waals surface area (Å²) in [6, 6.07) is 13.2. The number of amides is 2. The second kappa shape index (κ2) is 7.10. The van der Waals surface area contributed by atoms with Crippen LogP contribution in [0.4, 0.5) is 11.4 Å². The topological polar surface area (TPSA) is 97.6 Å². The summed E-state index contributed by atoms with van der Waals surface area (Å²) in [5.41, 5.74) is 0.203. The van der Waals surface area contributed by atoms with E-state index in [-0.39, 0.29) is 11.5 Å². The normalized spacial score (nSPS) is 10.4. The molecule has 0 aliphatic carbocycles. The van der Waals surface area contributed by atoms with Crippen LogP contribution in [0, 0.1) is 0 Å². The molecule has 1 aromatic heterocycles. The molecule has 0 fully saturated rings. The molecule has 1 heterocycles. The second-order valence-corrected chi connectivity index (χ2v) is 5.53. The Morgan fingerprint density at radius 2 is 1.77 bits per heavy atom. The van der Waals surface area contributed by atoms with Crippen LogP contribution in [0.25, 0.3) is 11.0 Å². The van der Waals surface area contributed by atoms with Crippen LogP contribution in [0.15, 0.2) is 57.7 Å². The van der Waals surface area contributed by atoms with Crippen molar-refractivity contribution in [2.45, 2.75) is 6.92 Å². The minimum Gasteiger partial charge on any atom is -0.497 e. The van der Waals surface area contributed by atoms with E-state index in [1.54, 1.807) is 42.5 Å². The molecule has 0 spiro atoms. The molecule has 0 saturated heterocycles. The highest BCUT2D eigenvalue weighted by molar-refractivity contribution is 6.08. The zero-order chi connectivity index (χ0) is 18.7. The minimum atomic E-state index is -0.745. The van der Waals surface area contributed by atoms with E-state index in [1.165, 1.54) is 20.1 Å². The molecule has 3 aromatic rings. The zero-order valence-corrected chi connectivity index (χ0v) is 14.2. The van der Waals surface area contributed by atoms with Crippen molar-refractivity contribution in [2.75, 3.05) is 17.7 Å². The van der Waals surface area contributed by atoms with Crippen molar-refractivity contribution < 1.29 is 18.7 Å². The molecule has 0 bridgehead atoms. The van der Waals surface area contributed by atoms with Crippen LogP contribution in [-0.4, -0.2) is 18.9 Å². The maximum Gasteiger partial charge on any atom is 0.349 e. The molecular formula is C19H16N2O5. The van der Waals surface area contributed by atoms with Gasteiger partial charge in [-0.15, -0.1) is 0 Å². The molecule has 2 N–H and O–H groups in total. The van der Waals surface area contributed by atoms with E-state index in [9.17, 15) is 14.4 Å². The van der Waals surface area contributed by atoms with E-state index in [1.807, 2.05) is 0 Å². The van der Waals surface area contributed by atoms with Gasteiger partial charge in [0.1, 0.15) is 16.9 Å². The van der Waals surface area contributed by atoms with E-state index >= 15 is 0 Å². The number of benzene rings is 2. The van der Waals surface area contributed by atoms with E-state index in [4.69, 9.17) is 9.15 Å². The lowest BCUT2D eigenvalue weighted by Crippen LogP contribution is -2.21. The molecule has 26 heavy (non-hydrogen) atoms. The Balaban J connectivity index is 1.98. The van der Waals surface area contributed by atoms with Gasteiger partial charge in [-0.05, 0) is 24.3 Å². The van der Waals surface area contributed by atoms with Gasteiger partial charge in [0.15, 0.2) is 0 Å². The van der Waals surface area contributed by atoms with Gasteiger partial charge >= 0.3 is 5.63 Å². The molecule has 7 nitrogen and oxygen atoms in total. The van der Waals surface area contributed by atoms with E-state index in [2.05, 4.69) is 10.6 Å². The molecular weight excluding hydrogens is 336 g/mol. The summed E-state index contributed by atoms with van der Waals surface area (Å²) in [6.07, 6.45) is 0. The molecule has 0 unspecified atom stereocenters. The summed E-state index contributed by atoms with van der Waals surface area (Å²) >= 11 is 0. The summed E-state index contributed by atoms with van der Waals surface area (Å²) in [7, 11) is 1.48. The van der Waals surface area contributed by atoms with Gasteiger partial charge in [0.05, 0.1) is 18.5 Å². The SMILES string of the molecule is COc1ccc(NC(C)=O)c(NC(=O)c2cc3ccccc3oc2=O)c1. The Hall–Kier alpha value is -3.61. The van der Waals surface area contributed by atoms with Gasteiger partial charge in [-0.2, -0.15) is 0 Å². The molecule has 0 radical (unpaired) electrons. The van der Waals surface area contributed by atoms with Crippen LogP contribution in [-0.2, 0) is 4.79 Å². The van der Waals surface area contributed by atoms with Gasteiger partial charge < -0.3 is 19.8 Å². The van der Waals surface area contributed by atoms with Gasteiger partial charge in [0.25, 0.3) is 5.91 Å². The predicted octanol–water partition coefficient (Wildman–Crippen LogP) is 3.01. The number of hydrogen-bond acceptors (Lipinski definition) is 5. The van der Waals surface area contributed by atoms with Crippen molar-refractivity contribution >= 4 is 34.2 Å². The average molecular weight is 352 g/mol. The first-order chi connectivity index (χ1) is 12.5. The number of hydrogen-bond donors (Lipinski definition) is 2. The van der Waals surface area contributed by atoms with Crippen LogP contribution < -0.4 is 21.0 Å². The van der Waals surface area contributed by atoms with Crippen LogP contribution >= 0.6 is 0 Å². The molecule has 0 aliphatic rings. The first-order valence-electron chi connectivity index (χ1n) is 7.78. The lowest BCUT2D eigenvalue weighted by atomic mass is 10.1. The second-order valence-electron chi connectivity index (χ2n) is 5.53. The monoisotopic (exact) mass is 352 g/mol. The lowest BCUT2D eigenvalue weighted by molar-refractivity contribution is -0.114. The number of carbonyl (C=O) groups excluding carboxylic acids is 2. The first-order valence-corrected chi connectivity index (χ1v) is 7.78. The number of nitrogens with one attached hydrogen (secondary N) is 2. The fourth-order valence-electron chi connectivity index (χ4n) is 2.46. The van der Waals surface area contributed by atoms with Crippen molar-refractivity contribution in [2.24, 2.45) is 0 Å². The Morgan fingerprint density at radius 1 is 1.00 bits per heavy atom. The van der Waals surface area contributed by atoms with Gasteiger partial charge in [-0.25, -0.2) is 4.79 Å². The summed E-state index contributed by atoms with van der Waals surface area (Å²) < 4.78 is 10.3. The van der Waals surface area contributed by atoms with Gasteiger partial charge in [0, 0.05) is 18.4 Å². The van der Waals surface area contributed by atoms with Crippen LogP contribution in [0.2, 0.25) is 0 Å². The standard InChI is InChI=1S/C19H16N2O5/c1-11(22)20-15-8-7-13(25-2)10-16(15)21-18(23)14-9-12-5-3-4-6-17(12)26-19(14)24/h3-10H,1-2H3,(H,20,22)(H,21,23). The van der Waals surface area contributed by atoms with Crippen molar-refractivity contribution in [3.8, 4) is 5.75 Å². The third-order valence-electron chi connectivity index (χ3n) is 3.67. The molecule has 0 aliphatic heterocycles. The van der Waals surface area contributed by atoms with Gasteiger partial charge in [-0.3, -0.25) is 9.59 Å². The number of rotatable bonds is 4. The maximum atomic E-state index is 12.6.